The lowest BCUT2D eigenvalue weighted by Gasteiger charge is -2.29. The molecular weight excluding hydrogens is 318 g/mol. The van der Waals surface area contributed by atoms with E-state index in [4.69, 9.17) is 0 Å². The topological polar surface area (TPSA) is 45.5 Å². The van der Waals surface area contributed by atoms with Gasteiger partial charge < -0.3 is 10.2 Å². The molecule has 0 saturated carbocycles. The van der Waals surface area contributed by atoms with Crippen LogP contribution in [-0.2, 0) is 6.54 Å². The number of para-hydroxylation sites is 1. The number of benzene rings is 1. The molecule has 4 heterocycles. The highest BCUT2D eigenvalue weighted by molar-refractivity contribution is 7.19. The molecule has 0 spiro atoms. The largest absolute Gasteiger partial charge is 0.359 e. The van der Waals surface area contributed by atoms with Crippen molar-refractivity contribution in [1.82, 2.24) is 14.4 Å². The maximum Gasteiger partial charge on any atom is 0.140 e. The van der Waals surface area contributed by atoms with Crippen LogP contribution < -0.4 is 10.2 Å². The molecule has 3 aromatic heterocycles. The molecule has 6 heteroatoms. The fourth-order valence-electron chi connectivity index (χ4n) is 3.02. The van der Waals surface area contributed by atoms with E-state index in [9.17, 15) is 0 Å². The van der Waals surface area contributed by atoms with Crippen molar-refractivity contribution in [3.63, 3.8) is 0 Å². The number of nitrogens with zero attached hydrogens (tertiary/aromatic N) is 4. The summed E-state index contributed by atoms with van der Waals surface area (Å²) in [7, 11) is 0. The van der Waals surface area contributed by atoms with Crippen LogP contribution in [0.5, 0.6) is 0 Å². The Bertz CT molecular complexity index is 1000. The molecule has 24 heavy (non-hydrogen) atoms. The van der Waals surface area contributed by atoms with Gasteiger partial charge in [-0.1, -0.05) is 18.2 Å². The smallest absolute Gasteiger partial charge is 0.140 e. The molecule has 0 aliphatic carbocycles. The second-order valence-corrected chi connectivity index (χ2v) is 6.85. The van der Waals surface area contributed by atoms with Crippen LogP contribution >= 0.6 is 11.3 Å². The third-order valence-electron chi connectivity index (χ3n) is 4.26. The van der Waals surface area contributed by atoms with Gasteiger partial charge in [-0.05, 0) is 18.2 Å². The minimum Gasteiger partial charge on any atom is -0.359 e. The first-order chi connectivity index (χ1) is 11.9. The highest BCUT2D eigenvalue weighted by atomic mass is 32.1. The molecule has 1 aliphatic rings. The minimum absolute atomic E-state index is 0.823. The molecular formula is C18H15N5S. The molecule has 5 nitrogen and oxygen atoms in total. The molecule has 1 N–H and O–H groups in total. The first-order valence-corrected chi connectivity index (χ1v) is 8.64. The molecule has 1 aliphatic heterocycles. The van der Waals surface area contributed by atoms with Crippen LogP contribution in [0.1, 0.15) is 5.56 Å². The molecule has 118 valence electrons. The third-order valence-corrected chi connectivity index (χ3v) is 5.42. The van der Waals surface area contributed by atoms with E-state index in [0.717, 1.165) is 24.6 Å². The number of hydrogen-bond donors (Lipinski definition) is 1. The summed E-state index contributed by atoms with van der Waals surface area (Å²) in [4.78, 5) is 12.4. The summed E-state index contributed by atoms with van der Waals surface area (Å²) in [6, 6.07) is 14.8. The number of anilines is 2. The van der Waals surface area contributed by atoms with E-state index < -0.39 is 0 Å². The van der Waals surface area contributed by atoms with Crippen LogP contribution in [0.2, 0.25) is 0 Å². The Morgan fingerprint density at radius 3 is 2.92 bits per heavy atom. The molecule has 1 aromatic carbocycles. The lowest BCUT2D eigenvalue weighted by molar-refractivity contribution is 0.817. The zero-order valence-corrected chi connectivity index (χ0v) is 13.7. The van der Waals surface area contributed by atoms with Gasteiger partial charge in [-0.3, -0.25) is 4.40 Å². The second-order valence-electron chi connectivity index (χ2n) is 5.80. The highest BCUT2D eigenvalue weighted by Gasteiger charge is 2.20. The van der Waals surface area contributed by atoms with Crippen LogP contribution in [0.15, 0.2) is 61.2 Å². The number of fused-ring (bicyclic) bond motifs is 2. The Kier molecular flexibility index (Phi) is 3.02. The number of nitrogens with one attached hydrogen (secondary N) is 1. The Morgan fingerprint density at radius 2 is 2.00 bits per heavy atom. The first kappa shape index (κ1) is 13.6. The van der Waals surface area contributed by atoms with E-state index in [2.05, 4.69) is 50.5 Å². The van der Waals surface area contributed by atoms with Crippen molar-refractivity contribution in [3.05, 3.63) is 66.7 Å². The van der Waals surface area contributed by atoms with E-state index >= 15 is 0 Å². The maximum atomic E-state index is 4.56. The number of thiophene rings is 1. The lowest BCUT2D eigenvalue weighted by Crippen LogP contribution is -2.32. The Morgan fingerprint density at radius 1 is 1.08 bits per heavy atom. The number of aromatic nitrogens is 3. The quantitative estimate of drug-likeness (QED) is 0.605. The van der Waals surface area contributed by atoms with E-state index in [0.29, 0.717) is 0 Å². The summed E-state index contributed by atoms with van der Waals surface area (Å²) in [5.41, 5.74) is 4.45. The zero-order valence-electron chi connectivity index (χ0n) is 12.9. The Labute approximate surface area is 143 Å². The lowest BCUT2D eigenvalue weighted by atomic mass is 10.2. The van der Waals surface area contributed by atoms with Crippen LogP contribution in [-0.4, -0.2) is 21.0 Å². The molecule has 0 fully saturated rings. The van der Waals surface area contributed by atoms with E-state index in [1.807, 2.05) is 29.1 Å². The molecule has 0 saturated heterocycles. The van der Waals surface area contributed by atoms with Crippen LogP contribution in [0.3, 0.4) is 0 Å². The van der Waals surface area contributed by atoms with Crippen LogP contribution in [0.25, 0.3) is 16.2 Å². The summed E-state index contributed by atoms with van der Waals surface area (Å²) >= 11 is 1.76. The SMILES string of the molecule is c1ccc(N2CNc3sc(-c4cc5nccn5cn4)cc3C2)cc1. The average Bonchev–Trinajstić information content (AvgIpc) is 3.27. The van der Waals surface area contributed by atoms with Gasteiger partial charge >= 0.3 is 0 Å². The van der Waals surface area contributed by atoms with Crippen molar-refractivity contribution in [1.29, 1.82) is 0 Å². The molecule has 4 aromatic rings. The first-order valence-electron chi connectivity index (χ1n) is 7.82. The van der Waals surface area contributed by atoms with E-state index in [1.54, 1.807) is 17.5 Å². The number of hydrogen-bond acceptors (Lipinski definition) is 5. The molecule has 0 atom stereocenters. The highest BCUT2D eigenvalue weighted by Crippen LogP contribution is 2.38. The monoisotopic (exact) mass is 333 g/mol. The van der Waals surface area contributed by atoms with Gasteiger partial charge in [-0.15, -0.1) is 11.3 Å². The summed E-state index contributed by atoms with van der Waals surface area (Å²) < 4.78 is 1.92. The summed E-state index contributed by atoms with van der Waals surface area (Å²) in [6.45, 7) is 1.73. The molecule has 0 unspecified atom stereocenters. The van der Waals surface area contributed by atoms with Gasteiger partial charge in [0.1, 0.15) is 12.0 Å². The second kappa shape index (κ2) is 5.35. The molecule has 0 radical (unpaired) electrons. The summed E-state index contributed by atoms with van der Waals surface area (Å²) in [6.07, 6.45) is 5.52. The van der Waals surface area contributed by atoms with Crippen molar-refractivity contribution in [2.45, 2.75) is 6.54 Å². The number of rotatable bonds is 2. The van der Waals surface area contributed by atoms with Gasteiger partial charge in [0.25, 0.3) is 0 Å². The van der Waals surface area contributed by atoms with Crippen molar-refractivity contribution >= 4 is 27.7 Å². The fraction of sp³-hybridized carbons (Fsp3) is 0.111. The van der Waals surface area contributed by atoms with Crippen molar-refractivity contribution in [2.75, 3.05) is 16.9 Å². The van der Waals surface area contributed by atoms with E-state index in [1.165, 1.54) is 21.1 Å². The third kappa shape index (κ3) is 2.23. The van der Waals surface area contributed by atoms with Gasteiger partial charge in [0.15, 0.2) is 0 Å². The standard InChI is InChI=1S/C18H15N5S/c1-2-4-14(5-3-1)23-10-13-8-16(24-18(13)21-12-23)15-9-17-19-6-7-22(17)11-20-15/h1-9,11,21H,10,12H2. The molecule has 5 rings (SSSR count). The van der Waals surface area contributed by atoms with Gasteiger partial charge in [-0.25, -0.2) is 9.97 Å². The van der Waals surface area contributed by atoms with Crippen molar-refractivity contribution in [3.8, 4) is 10.6 Å². The van der Waals surface area contributed by atoms with Crippen LogP contribution in [0.4, 0.5) is 10.7 Å². The Balaban J connectivity index is 1.48. The predicted octanol–water partition coefficient (Wildman–Crippen LogP) is 3.85. The average molecular weight is 333 g/mol. The maximum absolute atomic E-state index is 4.56. The van der Waals surface area contributed by atoms with E-state index in [-0.39, 0.29) is 0 Å². The van der Waals surface area contributed by atoms with Gasteiger partial charge in [0, 0.05) is 36.3 Å². The summed E-state index contributed by atoms with van der Waals surface area (Å²) in [5.74, 6) is 0. The zero-order chi connectivity index (χ0) is 15.9. The fourth-order valence-corrected chi connectivity index (χ4v) is 4.05. The van der Waals surface area contributed by atoms with Crippen molar-refractivity contribution in [2.24, 2.45) is 0 Å². The molecule has 0 amide bonds. The molecule has 0 bridgehead atoms. The van der Waals surface area contributed by atoms with Gasteiger partial charge in [0.05, 0.1) is 22.2 Å². The van der Waals surface area contributed by atoms with Gasteiger partial charge in [-0.2, -0.15) is 0 Å². The van der Waals surface area contributed by atoms with Crippen molar-refractivity contribution < 1.29 is 0 Å². The predicted molar refractivity (Wildman–Crippen MR) is 97.4 cm³/mol. The normalized spacial score (nSPS) is 13.8. The van der Waals surface area contributed by atoms with Gasteiger partial charge in [0.2, 0.25) is 0 Å². The van der Waals surface area contributed by atoms with Crippen LogP contribution in [0, 0.1) is 0 Å². The summed E-state index contributed by atoms with van der Waals surface area (Å²) in [5, 5.41) is 4.77. The number of imidazole rings is 1. The Hall–Kier alpha value is -2.86. The minimum atomic E-state index is 0.823.